The molecule has 1 aromatic carbocycles. The van der Waals surface area contributed by atoms with Crippen LogP contribution >= 0.6 is 11.1 Å². The maximum atomic E-state index is 5.61. The van der Waals surface area contributed by atoms with Crippen LogP contribution in [0.2, 0.25) is 0 Å². The fraction of sp³-hybridized carbons (Fsp3) is 0.250. The molecule has 60 valence electrons. The SMILES string of the molecule is Cc1ccc(CN[SiH2]Cl)cc1. The molecule has 0 aromatic heterocycles. The predicted molar refractivity (Wildman–Crippen MR) is 52.4 cm³/mol. The summed E-state index contributed by atoms with van der Waals surface area (Å²) < 4.78 is 0. The van der Waals surface area contributed by atoms with Crippen LogP contribution in [-0.4, -0.2) is 8.99 Å². The van der Waals surface area contributed by atoms with Crippen molar-refractivity contribution in [1.82, 2.24) is 4.98 Å². The molecule has 1 rings (SSSR count). The predicted octanol–water partition coefficient (Wildman–Crippen LogP) is 1.32. The second kappa shape index (κ2) is 4.54. The standard InChI is InChI=1S/C8H12ClNSi/c1-7-2-4-8(5-3-7)6-10-11-9/h2-5,10H,6,11H2,1H3. The van der Waals surface area contributed by atoms with Gasteiger partial charge in [-0.3, -0.25) is 0 Å². The third-order valence-electron chi connectivity index (χ3n) is 1.54. The Labute approximate surface area is 74.4 Å². The number of hydrogen-bond donors (Lipinski definition) is 1. The Morgan fingerprint density at radius 1 is 1.36 bits per heavy atom. The van der Waals surface area contributed by atoms with Crippen molar-refractivity contribution in [2.24, 2.45) is 0 Å². The molecule has 0 saturated carbocycles. The van der Waals surface area contributed by atoms with Crippen molar-refractivity contribution < 1.29 is 0 Å². The fourth-order valence-electron chi connectivity index (χ4n) is 0.898. The van der Waals surface area contributed by atoms with Crippen molar-refractivity contribution in [3.63, 3.8) is 0 Å². The van der Waals surface area contributed by atoms with E-state index >= 15 is 0 Å². The van der Waals surface area contributed by atoms with Crippen LogP contribution < -0.4 is 4.98 Å². The van der Waals surface area contributed by atoms with Gasteiger partial charge in [-0.15, -0.1) is 0 Å². The molecule has 0 amide bonds. The average Bonchev–Trinajstić information content (AvgIpc) is 2.04. The maximum absolute atomic E-state index is 5.61. The van der Waals surface area contributed by atoms with Crippen LogP contribution in [0.5, 0.6) is 0 Å². The van der Waals surface area contributed by atoms with Crippen LogP contribution in [-0.2, 0) is 6.54 Å². The van der Waals surface area contributed by atoms with Gasteiger partial charge < -0.3 is 4.98 Å². The Kier molecular flexibility index (Phi) is 3.63. The molecule has 0 unspecified atom stereocenters. The highest BCUT2D eigenvalue weighted by Crippen LogP contribution is 2.01. The zero-order valence-electron chi connectivity index (χ0n) is 6.60. The van der Waals surface area contributed by atoms with Crippen LogP contribution in [0, 0.1) is 6.92 Å². The Hall–Kier alpha value is -0.313. The first-order valence-corrected chi connectivity index (χ1v) is 6.49. The average molecular weight is 186 g/mol. The first-order chi connectivity index (χ1) is 5.33. The lowest BCUT2D eigenvalue weighted by atomic mass is 10.2. The van der Waals surface area contributed by atoms with Crippen molar-refractivity contribution in [3.05, 3.63) is 35.4 Å². The molecule has 0 aliphatic carbocycles. The fourth-order valence-corrected chi connectivity index (χ4v) is 1.56. The molecule has 0 aliphatic rings. The molecule has 0 aliphatic heterocycles. The molecule has 1 nitrogen and oxygen atoms in total. The molecular formula is C8H12ClNSi. The van der Waals surface area contributed by atoms with E-state index in [0.717, 1.165) is 6.54 Å². The van der Waals surface area contributed by atoms with E-state index in [-0.39, 0.29) is 0 Å². The van der Waals surface area contributed by atoms with Gasteiger partial charge >= 0.3 is 0 Å². The van der Waals surface area contributed by atoms with E-state index in [1.807, 2.05) is 0 Å². The number of rotatable bonds is 3. The number of hydrogen-bond acceptors (Lipinski definition) is 1. The quantitative estimate of drug-likeness (QED) is 0.554. The summed E-state index contributed by atoms with van der Waals surface area (Å²) in [4.78, 5) is 3.19. The van der Waals surface area contributed by atoms with E-state index in [0.29, 0.717) is 0 Å². The van der Waals surface area contributed by atoms with Gasteiger partial charge in [-0.05, 0) is 12.5 Å². The smallest absolute Gasteiger partial charge is 0.195 e. The highest BCUT2D eigenvalue weighted by molar-refractivity contribution is 6.92. The van der Waals surface area contributed by atoms with E-state index in [9.17, 15) is 0 Å². The van der Waals surface area contributed by atoms with Crippen molar-refractivity contribution >= 4 is 20.1 Å². The van der Waals surface area contributed by atoms with Gasteiger partial charge in [0.15, 0.2) is 8.99 Å². The molecule has 0 bridgehead atoms. The zero-order valence-corrected chi connectivity index (χ0v) is 8.77. The Bertz CT molecular complexity index is 210. The monoisotopic (exact) mass is 185 g/mol. The maximum Gasteiger partial charge on any atom is 0.195 e. The van der Waals surface area contributed by atoms with Crippen molar-refractivity contribution in [3.8, 4) is 0 Å². The summed E-state index contributed by atoms with van der Waals surface area (Å²) in [5.74, 6) is 0. The lowest BCUT2D eigenvalue weighted by Crippen LogP contribution is -2.13. The third-order valence-corrected chi connectivity index (χ3v) is 2.55. The number of aryl methyl sites for hydroxylation is 1. The highest BCUT2D eigenvalue weighted by Gasteiger charge is 1.89. The second-order valence-corrected chi connectivity index (χ2v) is 4.12. The lowest BCUT2D eigenvalue weighted by Gasteiger charge is -2.00. The summed E-state index contributed by atoms with van der Waals surface area (Å²) in [7, 11) is -0.517. The van der Waals surface area contributed by atoms with Gasteiger partial charge in [0.25, 0.3) is 0 Å². The first-order valence-electron chi connectivity index (χ1n) is 3.65. The lowest BCUT2D eigenvalue weighted by molar-refractivity contribution is 0.957. The van der Waals surface area contributed by atoms with Crippen molar-refractivity contribution in [2.75, 3.05) is 0 Å². The topological polar surface area (TPSA) is 12.0 Å². The number of halogens is 1. The summed E-state index contributed by atoms with van der Waals surface area (Å²) >= 11 is 5.61. The molecule has 0 atom stereocenters. The second-order valence-electron chi connectivity index (χ2n) is 2.55. The van der Waals surface area contributed by atoms with Gasteiger partial charge in [0.05, 0.1) is 0 Å². The zero-order chi connectivity index (χ0) is 8.10. The van der Waals surface area contributed by atoms with Gasteiger partial charge in [0.2, 0.25) is 0 Å². The van der Waals surface area contributed by atoms with E-state index in [4.69, 9.17) is 11.1 Å². The van der Waals surface area contributed by atoms with Crippen LogP contribution in [0.4, 0.5) is 0 Å². The summed E-state index contributed by atoms with van der Waals surface area (Å²) in [5, 5.41) is 0. The first kappa shape index (κ1) is 8.78. The Morgan fingerprint density at radius 3 is 2.55 bits per heavy atom. The van der Waals surface area contributed by atoms with Gasteiger partial charge in [0.1, 0.15) is 0 Å². The van der Waals surface area contributed by atoms with Gasteiger partial charge in [-0.1, -0.05) is 29.8 Å². The molecule has 11 heavy (non-hydrogen) atoms. The Morgan fingerprint density at radius 2 is 2.00 bits per heavy atom. The van der Waals surface area contributed by atoms with E-state index < -0.39 is 8.99 Å². The molecule has 0 spiro atoms. The van der Waals surface area contributed by atoms with Crippen molar-refractivity contribution in [1.29, 1.82) is 0 Å². The van der Waals surface area contributed by atoms with Gasteiger partial charge in [-0.2, -0.15) is 11.1 Å². The molecule has 0 fully saturated rings. The molecule has 0 heterocycles. The summed E-state index contributed by atoms with van der Waals surface area (Å²) in [6.45, 7) is 3.00. The molecule has 3 heteroatoms. The van der Waals surface area contributed by atoms with Crippen molar-refractivity contribution in [2.45, 2.75) is 13.5 Å². The number of benzene rings is 1. The van der Waals surface area contributed by atoms with E-state index in [1.54, 1.807) is 0 Å². The third kappa shape index (κ3) is 3.06. The largest absolute Gasteiger partial charge is 0.326 e. The summed E-state index contributed by atoms with van der Waals surface area (Å²) in [6.07, 6.45) is 0. The summed E-state index contributed by atoms with van der Waals surface area (Å²) in [5.41, 5.74) is 2.61. The number of nitrogens with one attached hydrogen (secondary N) is 1. The summed E-state index contributed by atoms with van der Waals surface area (Å²) in [6, 6.07) is 8.49. The molecule has 1 N–H and O–H groups in total. The minimum Gasteiger partial charge on any atom is -0.326 e. The highest BCUT2D eigenvalue weighted by atomic mass is 35.6. The van der Waals surface area contributed by atoms with Crippen LogP contribution in [0.15, 0.2) is 24.3 Å². The molecule has 1 aromatic rings. The van der Waals surface area contributed by atoms with Crippen LogP contribution in [0.25, 0.3) is 0 Å². The van der Waals surface area contributed by atoms with Crippen LogP contribution in [0.3, 0.4) is 0 Å². The molecule has 0 radical (unpaired) electrons. The molecule has 0 saturated heterocycles. The van der Waals surface area contributed by atoms with Crippen LogP contribution in [0.1, 0.15) is 11.1 Å². The Balaban J connectivity index is 2.52. The normalized spacial score (nSPS) is 11.1. The van der Waals surface area contributed by atoms with Gasteiger partial charge in [-0.25, -0.2) is 0 Å². The van der Waals surface area contributed by atoms with E-state index in [2.05, 4.69) is 36.2 Å². The molecular weight excluding hydrogens is 174 g/mol. The minimum atomic E-state index is -0.517. The minimum absolute atomic E-state index is 0.517. The van der Waals surface area contributed by atoms with E-state index in [1.165, 1.54) is 11.1 Å². The van der Waals surface area contributed by atoms with Gasteiger partial charge in [0, 0.05) is 6.54 Å².